The molecule has 1 atom stereocenters. The first kappa shape index (κ1) is 17.9. The van der Waals surface area contributed by atoms with Crippen LogP contribution >= 0.6 is 11.6 Å². The maximum absolute atomic E-state index is 11.6. The van der Waals surface area contributed by atoms with Gasteiger partial charge in [0.1, 0.15) is 11.5 Å². The summed E-state index contributed by atoms with van der Waals surface area (Å²) in [5.74, 6) is 1.08. The van der Waals surface area contributed by atoms with Crippen LogP contribution in [0, 0.1) is 0 Å². The van der Waals surface area contributed by atoms with E-state index < -0.39 is 12.1 Å². The second-order valence-electron chi connectivity index (χ2n) is 5.43. The molecule has 0 unspecified atom stereocenters. The van der Waals surface area contributed by atoms with Gasteiger partial charge in [-0.15, -0.1) is 0 Å². The van der Waals surface area contributed by atoms with Gasteiger partial charge in [0.05, 0.1) is 23.8 Å². The van der Waals surface area contributed by atoms with E-state index in [-0.39, 0.29) is 0 Å². The van der Waals surface area contributed by atoms with E-state index in [1.54, 1.807) is 56.3 Å². The Kier molecular flexibility index (Phi) is 5.53. The molecule has 0 saturated heterocycles. The molecule has 0 fully saturated rings. The highest BCUT2D eigenvalue weighted by Gasteiger charge is 2.15. The summed E-state index contributed by atoms with van der Waals surface area (Å²) in [5.41, 5.74) is 1.39. The topological polar surface area (TPSA) is 70.5 Å². The molecule has 26 heavy (non-hydrogen) atoms. The number of nitrogens with zero attached hydrogens (tertiary/aromatic N) is 2. The Bertz CT molecular complexity index is 915. The van der Waals surface area contributed by atoms with Gasteiger partial charge in [0.25, 0.3) is 0 Å². The molecule has 0 aliphatic heterocycles. The lowest BCUT2D eigenvalue weighted by atomic mass is 10.3. The molecule has 0 bridgehead atoms. The number of rotatable bonds is 6. The van der Waals surface area contributed by atoms with Crippen LogP contribution in [0.5, 0.6) is 17.4 Å². The molecule has 3 aromatic rings. The van der Waals surface area contributed by atoms with E-state index in [4.69, 9.17) is 25.8 Å². The van der Waals surface area contributed by atoms with Gasteiger partial charge in [0.15, 0.2) is 6.10 Å². The maximum Gasteiger partial charge on any atom is 0.347 e. The van der Waals surface area contributed by atoms with E-state index in [9.17, 15) is 4.79 Å². The lowest BCUT2D eigenvalue weighted by Gasteiger charge is -2.13. The first-order valence-corrected chi connectivity index (χ1v) is 8.46. The van der Waals surface area contributed by atoms with Crippen LogP contribution < -0.4 is 9.47 Å². The highest BCUT2D eigenvalue weighted by molar-refractivity contribution is 6.31. The van der Waals surface area contributed by atoms with Gasteiger partial charge >= 0.3 is 5.97 Å². The predicted molar refractivity (Wildman–Crippen MR) is 97.8 cm³/mol. The van der Waals surface area contributed by atoms with Crippen molar-refractivity contribution in [2.24, 2.45) is 0 Å². The van der Waals surface area contributed by atoms with Crippen LogP contribution in [0.4, 0.5) is 0 Å². The smallest absolute Gasteiger partial charge is 0.347 e. The molecule has 0 amide bonds. The van der Waals surface area contributed by atoms with Crippen molar-refractivity contribution in [1.82, 2.24) is 9.97 Å². The molecular weight excluding hydrogens is 356 g/mol. The number of carbonyl (C=O) groups is 1. The first-order chi connectivity index (χ1) is 12.5. The van der Waals surface area contributed by atoms with Gasteiger partial charge < -0.3 is 14.2 Å². The monoisotopic (exact) mass is 372 g/mol. The molecule has 7 heteroatoms. The Morgan fingerprint density at radius 2 is 1.85 bits per heavy atom. The van der Waals surface area contributed by atoms with Crippen LogP contribution in [-0.4, -0.2) is 28.6 Å². The Morgan fingerprint density at radius 1 is 1.12 bits per heavy atom. The van der Waals surface area contributed by atoms with Crippen LogP contribution in [0.2, 0.25) is 5.02 Å². The molecule has 0 N–H and O–H groups in total. The summed E-state index contributed by atoms with van der Waals surface area (Å²) >= 11 is 5.94. The summed E-state index contributed by atoms with van der Waals surface area (Å²) in [4.78, 5) is 20.3. The minimum atomic E-state index is -0.681. The molecule has 1 heterocycles. The Hall–Kier alpha value is -2.86. The van der Waals surface area contributed by atoms with E-state index >= 15 is 0 Å². The number of esters is 1. The van der Waals surface area contributed by atoms with Gasteiger partial charge in [-0.2, -0.15) is 0 Å². The van der Waals surface area contributed by atoms with Crippen molar-refractivity contribution in [2.45, 2.75) is 20.0 Å². The van der Waals surface area contributed by atoms with E-state index in [0.29, 0.717) is 40.0 Å². The Morgan fingerprint density at radius 3 is 2.58 bits per heavy atom. The third-order valence-corrected chi connectivity index (χ3v) is 3.69. The van der Waals surface area contributed by atoms with Gasteiger partial charge in [-0.05, 0) is 56.3 Å². The number of hydrogen-bond donors (Lipinski definition) is 0. The van der Waals surface area contributed by atoms with Crippen LogP contribution in [0.1, 0.15) is 13.8 Å². The zero-order valence-electron chi connectivity index (χ0n) is 14.3. The van der Waals surface area contributed by atoms with Crippen molar-refractivity contribution in [3.63, 3.8) is 0 Å². The van der Waals surface area contributed by atoms with Crippen molar-refractivity contribution in [1.29, 1.82) is 0 Å². The predicted octanol–water partition coefficient (Wildman–Crippen LogP) is 4.41. The second-order valence-corrected chi connectivity index (χ2v) is 5.86. The quantitative estimate of drug-likeness (QED) is 0.597. The van der Waals surface area contributed by atoms with Crippen molar-refractivity contribution in [3.8, 4) is 17.4 Å². The highest BCUT2D eigenvalue weighted by Crippen LogP contribution is 2.24. The molecule has 2 aromatic carbocycles. The maximum atomic E-state index is 11.6. The van der Waals surface area contributed by atoms with Gasteiger partial charge in [-0.1, -0.05) is 11.6 Å². The highest BCUT2D eigenvalue weighted by atomic mass is 35.5. The van der Waals surface area contributed by atoms with E-state index in [1.807, 2.05) is 0 Å². The Labute approximate surface area is 155 Å². The summed E-state index contributed by atoms with van der Waals surface area (Å²) in [6.07, 6.45) is 0.853. The fourth-order valence-electron chi connectivity index (χ4n) is 2.23. The molecule has 0 radical (unpaired) electrons. The third-order valence-electron chi connectivity index (χ3n) is 3.46. The van der Waals surface area contributed by atoms with Gasteiger partial charge in [-0.3, -0.25) is 0 Å². The fourth-order valence-corrected chi connectivity index (χ4v) is 2.40. The number of halogens is 1. The normalized spacial score (nSPS) is 11.8. The molecule has 0 aliphatic carbocycles. The summed E-state index contributed by atoms with van der Waals surface area (Å²) in [7, 11) is 0. The number of ether oxygens (including phenoxy) is 3. The SMILES string of the molecule is CCOC(=O)[C@@H](C)Oc1ccc(Oc2cnc3cc(Cl)ccc3n2)cc1. The van der Waals surface area contributed by atoms with E-state index in [0.717, 1.165) is 0 Å². The van der Waals surface area contributed by atoms with Crippen molar-refractivity contribution < 1.29 is 19.0 Å². The zero-order chi connectivity index (χ0) is 18.5. The molecule has 0 aliphatic rings. The first-order valence-electron chi connectivity index (χ1n) is 8.08. The minimum Gasteiger partial charge on any atom is -0.479 e. The molecular formula is C19H17ClN2O4. The molecule has 6 nitrogen and oxygen atoms in total. The number of aromatic nitrogens is 2. The zero-order valence-corrected chi connectivity index (χ0v) is 15.1. The van der Waals surface area contributed by atoms with Crippen molar-refractivity contribution >= 4 is 28.6 Å². The van der Waals surface area contributed by atoms with Gasteiger partial charge in [0, 0.05) is 5.02 Å². The van der Waals surface area contributed by atoms with Crippen LogP contribution in [0.3, 0.4) is 0 Å². The standard InChI is InChI=1S/C19H17ClN2O4/c1-3-24-19(23)12(2)25-14-5-7-15(8-6-14)26-18-11-21-17-10-13(20)4-9-16(17)22-18/h4-12H,3H2,1-2H3/t12-/m1/s1. The minimum absolute atomic E-state index is 0.318. The molecule has 0 spiro atoms. The fraction of sp³-hybridized carbons (Fsp3) is 0.211. The number of carbonyl (C=O) groups excluding carboxylic acids is 1. The van der Waals surface area contributed by atoms with Gasteiger partial charge in [-0.25, -0.2) is 14.8 Å². The van der Waals surface area contributed by atoms with Crippen LogP contribution in [-0.2, 0) is 9.53 Å². The molecule has 0 saturated carbocycles. The number of benzene rings is 2. The van der Waals surface area contributed by atoms with Crippen molar-refractivity contribution in [2.75, 3.05) is 6.61 Å². The third kappa shape index (κ3) is 4.40. The largest absolute Gasteiger partial charge is 0.479 e. The second kappa shape index (κ2) is 8.01. The molecule has 1 aromatic heterocycles. The summed E-state index contributed by atoms with van der Waals surface area (Å²) in [6.45, 7) is 3.71. The van der Waals surface area contributed by atoms with Crippen LogP contribution in [0.15, 0.2) is 48.7 Å². The average molecular weight is 373 g/mol. The molecule has 3 rings (SSSR count). The van der Waals surface area contributed by atoms with Gasteiger partial charge in [0.2, 0.25) is 5.88 Å². The summed E-state index contributed by atoms with van der Waals surface area (Å²) in [6, 6.07) is 12.1. The van der Waals surface area contributed by atoms with Crippen LogP contribution in [0.25, 0.3) is 11.0 Å². The summed E-state index contributed by atoms with van der Waals surface area (Å²) in [5, 5.41) is 0.605. The number of hydrogen-bond acceptors (Lipinski definition) is 6. The molecule has 134 valence electrons. The summed E-state index contributed by atoms with van der Waals surface area (Å²) < 4.78 is 16.2. The lowest BCUT2D eigenvalue weighted by Crippen LogP contribution is -2.25. The average Bonchev–Trinajstić information content (AvgIpc) is 2.63. The van der Waals surface area contributed by atoms with E-state index in [2.05, 4.69) is 9.97 Å². The lowest BCUT2D eigenvalue weighted by molar-refractivity contribution is -0.150. The van der Waals surface area contributed by atoms with E-state index in [1.165, 1.54) is 6.20 Å². The van der Waals surface area contributed by atoms with Crippen molar-refractivity contribution in [3.05, 3.63) is 53.7 Å². The Balaban J connectivity index is 1.67. The number of fused-ring (bicyclic) bond motifs is 1.